The van der Waals surface area contributed by atoms with E-state index in [-0.39, 0.29) is 29.6 Å². The van der Waals surface area contributed by atoms with E-state index >= 15 is 0 Å². The van der Waals surface area contributed by atoms with Gasteiger partial charge >= 0.3 is 6.09 Å². The van der Waals surface area contributed by atoms with Gasteiger partial charge in [-0.25, -0.2) is 24.1 Å². The van der Waals surface area contributed by atoms with E-state index in [0.29, 0.717) is 52.7 Å². The number of carbonyl (C=O) groups is 2. The van der Waals surface area contributed by atoms with Gasteiger partial charge in [-0.3, -0.25) is 4.79 Å². The fraction of sp³-hybridized carbons (Fsp3) is 0.382. The molecule has 6 rings (SSSR count). The SMILES string of the molecule is Cc1ccc2c(NC(=O)C3CC3)c(F)ccc2c1Oc1ncccc1-c1ccnc(NC2CCCN(C(=O)OC(C)(C)C)C2)n1. The molecule has 2 aliphatic rings. The van der Waals surface area contributed by atoms with Crippen LogP contribution in [0, 0.1) is 18.7 Å². The number of aryl methyl sites for hydroxylation is 1. The molecular formula is C34H37FN6O4. The van der Waals surface area contributed by atoms with E-state index in [1.807, 2.05) is 39.8 Å². The van der Waals surface area contributed by atoms with Crippen LogP contribution in [-0.4, -0.2) is 56.6 Å². The molecule has 2 amide bonds. The van der Waals surface area contributed by atoms with Crippen molar-refractivity contribution in [1.29, 1.82) is 0 Å². The van der Waals surface area contributed by atoms with E-state index in [9.17, 15) is 14.0 Å². The number of aromatic nitrogens is 3. The van der Waals surface area contributed by atoms with E-state index in [1.54, 1.807) is 41.6 Å². The van der Waals surface area contributed by atoms with Crippen LogP contribution in [0.25, 0.3) is 22.0 Å². The number of nitrogens with zero attached hydrogens (tertiary/aromatic N) is 4. The highest BCUT2D eigenvalue weighted by Crippen LogP contribution is 2.40. The molecule has 1 saturated heterocycles. The summed E-state index contributed by atoms with van der Waals surface area (Å²) in [5.74, 6) is 0.511. The minimum atomic E-state index is -0.562. The molecule has 3 heterocycles. The van der Waals surface area contributed by atoms with Crippen LogP contribution >= 0.6 is 0 Å². The Hall–Kier alpha value is -4.80. The van der Waals surface area contributed by atoms with Crippen molar-refractivity contribution in [2.24, 2.45) is 5.92 Å². The molecule has 234 valence electrons. The van der Waals surface area contributed by atoms with E-state index in [4.69, 9.17) is 14.5 Å². The number of likely N-dealkylation sites (tertiary alicyclic amines) is 1. The van der Waals surface area contributed by atoms with Gasteiger partial charge < -0.3 is 25.0 Å². The Balaban J connectivity index is 1.25. The normalized spacial score (nSPS) is 16.7. The first-order valence-corrected chi connectivity index (χ1v) is 15.3. The van der Waals surface area contributed by atoms with Crippen LogP contribution in [0.3, 0.4) is 0 Å². The molecule has 1 atom stereocenters. The minimum absolute atomic E-state index is 0.0422. The Bertz CT molecular complexity index is 1750. The van der Waals surface area contributed by atoms with Crippen molar-refractivity contribution < 1.29 is 23.5 Å². The second-order valence-corrected chi connectivity index (χ2v) is 12.6. The Morgan fingerprint density at radius 3 is 2.58 bits per heavy atom. The third-order valence-corrected chi connectivity index (χ3v) is 7.80. The number of nitrogens with one attached hydrogen (secondary N) is 2. The van der Waals surface area contributed by atoms with Crippen molar-refractivity contribution >= 4 is 34.4 Å². The Morgan fingerprint density at radius 2 is 1.80 bits per heavy atom. The van der Waals surface area contributed by atoms with Crippen LogP contribution in [0.15, 0.2) is 54.9 Å². The molecular weight excluding hydrogens is 575 g/mol. The van der Waals surface area contributed by atoms with Gasteiger partial charge in [0, 0.05) is 48.2 Å². The van der Waals surface area contributed by atoms with E-state index < -0.39 is 11.4 Å². The number of anilines is 2. The van der Waals surface area contributed by atoms with Gasteiger partial charge in [0.2, 0.25) is 17.7 Å². The van der Waals surface area contributed by atoms with E-state index in [2.05, 4.69) is 20.6 Å². The summed E-state index contributed by atoms with van der Waals surface area (Å²) in [7, 11) is 0. The number of piperidine rings is 1. The summed E-state index contributed by atoms with van der Waals surface area (Å²) in [4.78, 5) is 40.6. The van der Waals surface area contributed by atoms with Crippen molar-refractivity contribution in [2.75, 3.05) is 23.7 Å². The van der Waals surface area contributed by atoms with Crippen LogP contribution in [0.2, 0.25) is 0 Å². The summed E-state index contributed by atoms with van der Waals surface area (Å²) in [6, 6.07) is 12.0. The standard InChI is InChI=1S/C34H37FN6O4/c1-20-9-12-23-24(13-14-26(35)28(23)40-30(42)21-10-11-21)29(20)44-31-25(8-5-16-36-31)27-15-17-37-32(39-27)38-22-7-6-18-41(19-22)33(43)45-34(2,3)4/h5,8-9,12-17,21-22H,6-7,10-11,18-19H2,1-4H3,(H,40,42)(H,37,38,39). The zero-order valence-corrected chi connectivity index (χ0v) is 25.9. The zero-order valence-electron chi connectivity index (χ0n) is 25.9. The van der Waals surface area contributed by atoms with Gasteiger partial charge in [-0.05, 0) is 89.3 Å². The highest BCUT2D eigenvalue weighted by molar-refractivity contribution is 6.05. The molecule has 11 heteroatoms. The summed E-state index contributed by atoms with van der Waals surface area (Å²) >= 11 is 0. The van der Waals surface area contributed by atoms with Crippen LogP contribution in [0.4, 0.5) is 20.8 Å². The lowest BCUT2D eigenvalue weighted by Crippen LogP contribution is -2.47. The van der Waals surface area contributed by atoms with Crippen molar-refractivity contribution in [3.05, 3.63) is 66.2 Å². The number of fused-ring (bicyclic) bond motifs is 1. The predicted molar refractivity (Wildman–Crippen MR) is 170 cm³/mol. The topological polar surface area (TPSA) is 119 Å². The number of pyridine rings is 1. The van der Waals surface area contributed by atoms with Crippen LogP contribution in [0.5, 0.6) is 11.6 Å². The predicted octanol–water partition coefficient (Wildman–Crippen LogP) is 7.09. The number of rotatable bonds is 7. The highest BCUT2D eigenvalue weighted by atomic mass is 19.1. The maximum atomic E-state index is 14.9. The monoisotopic (exact) mass is 612 g/mol. The second-order valence-electron chi connectivity index (χ2n) is 12.6. The zero-order chi connectivity index (χ0) is 31.7. The summed E-state index contributed by atoms with van der Waals surface area (Å²) in [6.07, 6.45) is 6.30. The summed E-state index contributed by atoms with van der Waals surface area (Å²) < 4.78 is 26.9. The molecule has 0 bridgehead atoms. The lowest BCUT2D eigenvalue weighted by molar-refractivity contribution is -0.117. The van der Waals surface area contributed by atoms with Gasteiger partial charge in [0.25, 0.3) is 0 Å². The molecule has 0 spiro atoms. The Labute approximate surface area is 261 Å². The Morgan fingerprint density at radius 1 is 1.00 bits per heavy atom. The highest BCUT2D eigenvalue weighted by Gasteiger charge is 2.31. The summed E-state index contributed by atoms with van der Waals surface area (Å²) in [5, 5.41) is 7.36. The molecule has 2 aromatic heterocycles. The number of ether oxygens (including phenoxy) is 2. The third kappa shape index (κ3) is 6.97. The maximum absolute atomic E-state index is 14.9. The van der Waals surface area contributed by atoms with Gasteiger partial charge in [-0.15, -0.1) is 0 Å². The van der Waals surface area contributed by atoms with Gasteiger partial charge in [-0.1, -0.05) is 12.1 Å². The van der Waals surface area contributed by atoms with Crippen molar-refractivity contribution in [2.45, 2.75) is 65.0 Å². The van der Waals surface area contributed by atoms with Crippen LogP contribution in [0.1, 0.15) is 52.0 Å². The van der Waals surface area contributed by atoms with Gasteiger partial charge in [-0.2, -0.15) is 0 Å². The third-order valence-electron chi connectivity index (χ3n) is 7.80. The molecule has 10 nitrogen and oxygen atoms in total. The van der Waals surface area contributed by atoms with Crippen molar-refractivity contribution in [1.82, 2.24) is 19.9 Å². The fourth-order valence-corrected chi connectivity index (χ4v) is 5.41. The lowest BCUT2D eigenvalue weighted by Gasteiger charge is -2.34. The molecule has 1 saturated carbocycles. The number of hydrogen-bond acceptors (Lipinski definition) is 8. The molecule has 45 heavy (non-hydrogen) atoms. The van der Waals surface area contributed by atoms with E-state index in [0.717, 1.165) is 31.2 Å². The summed E-state index contributed by atoms with van der Waals surface area (Å²) in [6.45, 7) is 8.59. The number of halogens is 1. The van der Waals surface area contributed by atoms with Crippen LogP contribution in [-0.2, 0) is 9.53 Å². The fourth-order valence-electron chi connectivity index (χ4n) is 5.41. The first kappa shape index (κ1) is 30.2. The van der Waals surface area contributed by atoms with Gasteiger partial charge in [0.15, 0.2) is 0 Å². The minimum Gasteiger partial charge on any atom is -0.444 e. The molecule has 1 aliphatic carbocycles. The molecule has 2 N–H and O–H groups in total. The van der Waals surface area contributed by atoms with Crippen molar-refractivity contribution in [3.63, 3.8) is 0 Å². The molecule has 1 unspecified atom stereocenters. The quantitative estimate of drug-likeness (QED) is 0.227. The Kier molecular flexibility index (Phi) is 8.26. The lowest BCUT2D eigenvalue weighted by atomic mass is 10.0. The molecule has 2 fully saturated rings. The molecule has 0 radical (unpaired) electrons. The van der Waals surface area contributed by atoms with E-state index in [1.165, 1.54) is 6.07 Å². The average Bonchev–Trinajstić information content (AvgIpc) is 3.86. The first-order chi connectivity index (χ1) is 21.6. The number of hydrogen-bond donors (Lipinski definition) is 2. The number of benzene rings is 2. The second kappa shape index (κ2) is 12.3. The van der Waals surface area contributed by atoms with Crippen LogP contribution < -0.4 is 15.4 Å². The number of carbonyl (C=O) groups excluding carboxylic acids is 2. The first-order valence-electron chi connectivity index (χ1n) is 15.3. The van der Waals surface area contributed by atoms with Gasteiger partial charge in [0.05, 0.1) is 16.9 Å². The average molecular weight is 613 g/mol. The largest absolute Gasteiger partial charge is 0.444 e. The summed E-state index contributed by atoms with van der Waals surface area (Å²) in [5.41, 5.74) is 1.64. The maximum Gasteiger partial charge on any atom is 0.410 e. The molecule has 4 aromatic rings. The van der Waals surface area contributed by atoms with Gasteiger partial charge in [0.1, 0.15) is 17.2 Å². The smallest absolute Gasteiger partial charge is 0.410 e. The molecule has 2 aromatic carbocycles. The van der Waals surface area contributed by atoms with Crippen molar-refractivity contribution in [3.8, 4) is 22.9 Å². The number of amides is 2. The molecule has 1 aliphatic heterocycles.